The topological polar surface area (TPSA) is 0 Å². The molecule has 0 N–H and O–H groups in total. The third-order valence-corrected chi connectivity index (χ3v) is 17.2. The molecule has 12 rings (SSSR count). The molecule has 3 aliphatic rings. The van der Waals surface area contributed by atoms with Gasteiger partial charge in [-0.3, -0.25) is 0 Å². The van der Waals surface area contributed by atoms with Crippen LogP contribution >= 0.6 is 0 Å². The minimum absolute atomic E-state index is 0.00133. The van der Waals surface area contributed by atoms with E-state index in [9.17, 15) is 0 Å². The Morgan fingerprint density at radius 2 is 0.861 bits per heavy atom. The summed E-state index contributed by atoms with van der Waals surface area (Å²) in [6, 6.07) is 66.8. The summed E-state index contributed by atoms with van der Waals surface area (Å²) in [7, 11) is 0. The van der Waals surface area contributed by atoms with Crippen molar-refractivity contribution in [3.8, 4) is 66.8 Å². The number of hydrogen-bond acceptors (Lipinski definition) is 0. The molecule has 0 fully saturated rings. The highest BCUT2D eigenvalue weighted by atomic mass is 14.4. The fraction of sp³-hybridized carbons (Fsp3) is 0.266. The summed E-state index contributed by atoms with van der Waals surface area (Å²) in [4.78, 5) is 0. The van der Waals surface area contributed by atoms with Gasteiger partial charge in [0.1, 0.15) is 0 Å². The first kappa shape index (κ1) is 56.2. The summed E-state index contributed by atoms with van der Waals surface area (Å²) < 4.78 is 0. The van der Waals surface area contributed by atoms with Crippen LogP contribution in [0.25, 0.3) is 72.3 Å². The number of hydrogen-bond donors (Lipinski definition) is 0. The van der Waals surface area contributed by atoms with E-state index in [1.807, 2.05) is 19.9 Å². The van der Waals surface area contributed by atoms with Gasteiger partial charge in [0.05, 0.1) is 0 Å². The van der Waals surface area contributed by atoms with Crippen molar-refractivity contribution in [1.82, 2.24) is 0 Å². The van der Waals surface area contributed by atoms with Crippen molar-refractivity contribution in [2.45, 2.75) is 140 Å². The minimum Gasteiger partial charge on any atom is -0.0836 e. The van der Waals surface area contributed by atoms with Crippen molar-refractivity contribution < 1.29 is 0 Å². The van der Waals surface area contributed by atoms with Crippen molar-refractivity contribution in [3.63, 3.8) is 0 Å². The Bertz CT molecular complexity index is 3760. The Balaban J connectivity index is 0.000000153. The Hall–Kier alpha value is -7.54. The van der Waals surface area contributed by atoms with Crippen LogP contribution in [0, 0.1) is 41.5 Å². The molecular formula is C79H84. The largest absolute Gasteiger partial charge is 0.0836 e. The van der Waals surface area contributed by atoms with E-state index in [2.05, 4.69) is 285 Å². The summed E-state index contributed by atoms with van der Waals surface area (Å²) in [6.45, 7) is 36.3. The molecule has 0 aliphatic heterocycles. The van der Waals surface area contributed by atoms with Gasteiger partial charge in [-0.15, -0.1) is 0 Å². The van der Waals surface area contributed by atoms with Crippen LogP contribution in [0.15, 0.2) is 200 Å². The summed E-state index contributed by atoms with van der Waals surface area (Å²) >= 11 is 0. The molecule has 0 unspecified atom stereocenters. The minimum atomic E-state index is -0.0306. The van der Waals surface area contributed by atoms with Crippen LogP contribution < -0.4 is 0 Å². The molecule has 0 nitrogen and oxygen atoms in total. The van der Waals surface area contributed by atoms with Gasteiger partial charge >= 0.3 is 0 Å². The van der Waals surface area contributed by atoms with E-state index in [1.165, 1.54) is 145 Å². The van der Waals surface area contributed by atoms with E-state index in [0.29, 0.717) is 0 Å². The average molecular weight is 1030 g/mol. The fourth-order valence-electron chi connectivity index (χ4n) is 12.9. The molecule has 0 bridgehead atoms. The number of aryl methyl sites for hydroxylation is 4. The van der Waals surface area contributed by atoms with Gasteiger partial charge in [-0.05, 0) is 207 Å². The van der Waals surface area contributed by atoms with Gasteiger partial charge in [0.2, 0.25) is 0 Å². The molecule has 0 heteroatoms. The molecule has 0 amide bonds. The third kappa shape index (κ3) is 10.6. The molecular weight excluding hydrogens is 949 g/mol. The molecule has 9 aromatic carbocycles. The predicted molar refractivity (Wildman–Crippen MR) is 346 cm³/mol. The zero-order valence-electron chi connectivity index (χ0n) is 50.4. The summed E-state index contributed by atoms with van der Waals surface area (Å²) in [5.41, 5.74) is 36.0. The second kappa shape index (κ2) is 22.7. The maximum Gasteiger partial charge on any atom is 0.0159 e. The van der Waals surface area contributed by atoms with Crippen molar-refractivity contribution in [2.75, 3.05) is 0 Å². The van der Waals surface area contributed by atoms with Crippen LogP contribution in [0.1, 0.15) is 149 Å². The Morgan fingerprint density at radius 3 is 1.48 bits per heavy atom. The molecule has 0 saturated heterocycles. The zero-order valence-corrected chi connectivity index (χ0v) is 50.4. The van der Waals surface area contributed by atoms with E-state index in [0.717, 1.165) is 12.8 Å². The van der Waals surface area contributed by atoms with Gasteiger partial charge in [-0.25, -0.2) is 0 Å². The maximum absolute atomic E-state index is 2.52. The molecule has 0 radical (unpaired) electrons. The monoisotopic (exact) mass is 1030 g/mol. The van der Waals surface area contributed by atoms with E-state index in [1.54, 1.807) is 0 Å². The molecule has 0 atom stereocenters. The van der Waals surface area contributed by atoms with Crippen LogP contribution in [-0.4, -0.2) is 0 Å². The molecule has 0 aromatic heterocycles. The van der Waals surface area contributed by atoms with Gasteiger partial charge < -0.3 is 0 Å². The Morgan fingerprint density at radius 1 is 0.367 bits per heavy atom. The van der Waals surface area contributed by atoms with E-state index in [-0.39, 0.29) is 16.2 Å². The summed E-state index contributed by atoms with van der Waals surface area (Å²) in [5, 5.41) is 0. The quantitative estimate of drug-likeness (QED) is 0.161. The lowest BCUT2D eigenvalue weighted by atomic mass is 9.75. The van der Waals surface area contributed by atoms with Crippen LogP contribution in [-0.2, 0) is 16.2 Å². The van der Waals surface area contributed by atoms with Crippen LogP contribution in [0.5, 0.6) is 0 Å². The predicted octanol–water partition coefficient (Wildman–Crippen LogP) is 22.6. The Kier molecular flexibility index (Phi) is 16.1. The number of allylic oxidation sites excluding steroid dienone is 4. The molecule has 79 heavy (non-hydrogen) atoms. The average Bonchev–Trinajstić information content (AvgIpc) is 3.08. The normalized spacial score (nSPS) is 14.1. The van der Waals surface area contributed by atoms with E-state index >= 15 is 0 Å². The zero-order chi connectivity index (χ0) is 56.6. The molecule has 9 aromatic rings. The fourth-order valence-corrected chi connectivity index (χ4v) is 12.9. The summed E-state index contributed by atoms with van der Waals surface area (Å²) in [5.74, 6) is 0. The first-order chi connectivity index (χ1) is 37.8. The lowest BCUT2D eigenvalue weighted by Gasteiger charge is -2.28. The highest BCUT2D eigenvalue weighted by Gasteiger charge is 2.40. The van der Waals surface area contributed by atoms with Gasteiger partial charge in [-0.1, -0.05) is 261 Å². The lowest BCUT2D eigenvalue weighted by Crippen LogP contribution is -2.16. The van der Waals surface area contributed by atoms with Crippen LogP contribution in [0.2, 0.25) is 0 Å². The van der Waals surface area contributed by atoms with Gasteiger partial charge in [0, 0.05) is 10.8 Å². The number of benzene rings is 9. The standard InChI is InChI=1S/C34H36.C30H30.C13H12.C2H6/c1-21-17-18-26-29(19-21)34(7,8)30-20-27(25-15-11-12-16-28(25)33(4,5)6)31(23(3)32(26)30)24-14-10-9-13-22(24)2;1-19-12-6-8-14-22(19)25-18-27-29(24-16-10-11-17-26(24)30(27,4)5)28(21(25)3)23-15-9-7-13-20(23)2;1-11-7-9-13(10-8-11)12-5-3-2-4-6-12;1-2/h9-20H,1-8H3;7-11,13-18H,6,12H2,1-5H3;2-10H,1H3;1-2H3. The number of rotatable bonds is 5. The van der Waals surface area contributed by atoms with E-state index in [4.69, 9.17) is 0 Å². The van der Waals surface area contributed by atoms with Crippen molar-refractivity contribution in [3.05, 3.63) is 266 Å². The molecule has 0 spiro atoms. The first-order valence-corrected chi connectivity index (χ1v) is 29.1. The first-order valence-electron chi connectivity index (χ1n) is 29.1. The molecule has 0 heterocycles. The molecule has 3 aliphatic carbocycles. The maximum atomic E-state index is 2.52. The highest BCUT2D eigenvalue weighted by molar-refractivity contribution is 5.99. The Labute approximate surface area is 476 Å². The smallest absolute Gasteiger partial charge is 0.0159 e. The van der Waals surface area contributed by atoms with Gasteiger partial charge in [0.25, 0.3) is 0 Å². The van der Waals surface area contributed by atoms with Crippen molar-refractivity contribution in [2.24, 2.45) is 0 Å². The van der Waals surface area contributed by atoms with Gasteiger partial charge in [-0.2, -0.15) is 0 Å². The lowest BCUT2D eigenvalue weighted by molar-refractivity contribution is 0.592. The van der Waals surface area contributed by atoms with E-state index < -0.39 is 0 Å². The second-order valence-electron chi connectivity index (χ2n) is 24.3. The second-order valence-corrected chi connectivity index (χ2v) is 24.3. The van der Waals surface area contributed by atoms with Gasteiger partial charge in [0.15, 0.2) is 0 Å². The molecule has 0 saturated carbocycles. The number of fused-ring (bicyclic) bond motifs is 6. The SMILES string of the molecule is CC.CC1=C(c2cc3c(c(-c4ccccc4C)c2C)-c2ccccc2C3(C)C)C=CCC1.Cc1ccc(-c2ccccc2)cc1.Cc1ccc2c(c1)C(C)(C)c1cc(-c3ccccc3C(C)(C)C)c(-c3ccccc3C)c(C)c1-2. The van der Waals surface area contributed by atoms with Crippen LogP contribution in [0.3, 0.4) is 0 Å². The van der Waals surface area contributed by atoms with Crippen molar-refractivity contribution >= 4 is 5.57 Å². The third-order valence-electron chi connectivity index (χ3n) is 17.2. The van der Waals surface area contributed by atoms with Crippen molar-refractivity contribution in [1.29, 1.82) is 0 Å². The summed E-state index contributed by atoms with van der Waals surface area (Å²) in [6.07, 6.45) is 7.00. The van der Waals surface area contributed by atoms with Crippen LogP contribution in [0.4, 0.5) is 0 Å². The highest BCUT2D eigenvalue weighted by Crippen LogP contribution is 2.57. The molecule has 400 valence electrons.